The van der Waals surface area contributed by atoms with Gasteiger partial charge in [-0.3, -0.25) is 4.79 Å². The second-order valence-corrected chi connectivity index (χ2v) is 3.67. The average molecular weight is 262 g/mol. The lowest BCUT2D eigenvalue weighted by atomic mass is 10.1. The van der Waals surface area contributed by atoms with Crippen LogP contribution in [0.4, 0.5) is 0 Å². The van der Waals surface area contributed by atoms with Crippen molar-refractivity contribution in [2.45, 2.75) is 0 Å². The summed E-state index contributed by atoms with van der Waals surface area (Å²) in [5, 5.41) is 29.9. The first-order valence-electron chi connectivity index (χ1n) is 5.49. The first-order valence-corrected chi connectivity index (χ1v) is 5.49. The van der Waals surface area contributed by atoms with Crippen molar-refractivity contribution in [1.29, 1.82) is 5.26 Å². The third-order valence-electron chi connectivity index (χ3n) is 2.27. The minimum Gasteiger partial charge on any atom is -0.504 e. The summed E-state index contributed by atoms with van der Waals surface area (Å²) in [6.45, 7) is 0.652. The number of rotatable bonds is 5. The number of carbonyl (C=O) groups is 1. The second kappa shape index (κ2) is 7.03. The molecule has 1 rings (SSSR count). The highest BCUT2D eigenvalue weighted by atomic mass is 16.5. The molecular formula is C13H14N2O4. The van der Waals surface area contributed by atoms with Crippen LogP contribution in [0.3, 0.4) is 0 Å². The molecule has 0 saturated heterocycles. The van der Waals surface area contributed by atoms with Crippen molar-refractivity contribution in [3.8, 4) is 17.6 Å². The van der Waals surface area contributed by atoms with Gasteiger partial charge in [-0.05, 0) is 23.8 Å². The van der Waals surface area contributed by atoms with E-state index in [1.807, 2.05) is 0 Å². The van der Waals surface area contributed by atoms with Gasteiger partial charge in [-0.25, -0.2) is 0 Å². The molecule has 0 spiro atoms. The zero-order valence-corrected chi connectivity index (χ0v) is 10.4. The average Bonchev–Trinajstić information content (AvgIpc) is 2.40. The minimum absolute atomic E-state index is 0.0961. The summed E-state index contributed by atoms with van der Waals surface area (Å²) in [6.07, 6.45) is 1.32. The first kappa shape index (κ1) is 14.5. The lowest BCUT2D eigenvalue weighted by Crippen LogP contribution is -2.27. The van der Waals surface area contributed by atoms with Gasteiger partial charge in [0, 0.05) is 13.7 Å². The van der Waals surface area contributed by atoms with Crippen LogP contribution in [0.15, 0.2) is 23.8 Å². The largest absolute Gasteiger partial charge is 0.504 e. The first-order chi connectivity index (χ1) is 9.08. The molecule has 0 heterocycles. The van der Waals surface area contributed by atoms with Gasteiger partial charge in [0.25, 0.3) is 5.91 Å². The van der Waals surface area contributed by atoms with E-state index in [1.165, 1.54) is 31.4 Å². The molecule has 0 fully saturated rings. The minimum atomic E-state index is -0.521. The Bertz CT molecular complexity index is 532. The number of nitriles is 1. The number of methoxy groups -OCH3 is 1. The van der Waals surface area contributed by atoms with Gasteiger partial charge < -0.3 is 20.3 Å². The maximum Gasteiger partial charge on any atom is 0.262 e. The Labute approximate surface area is 110 Å². The van der Waals surface area contributed by atoms with Gasteiger partial charge in [-0.1, -0.05) is 6.07 Å². The summed E-state index contributed by atoms with van der Waals surface area (Å²) in [6, 6.07) is 5.79. The molecule has 0 aliphatic heterocycles. The molecule has 1 amide bonds. The van der Waals surface area contributed by atoms with Gasteiger partial charge in [-0.15, -0.1) is 0 Å². The number of hydrogen-bond acceptors (Lipinski definition) is 5. The summed E-state index contributed by atoms with van der Waals surface area (Å²) in [5.74, 6) is -1.10. The highest BCUT2D eigenvalue weighted by Gasteiger charge is 2.08. The molecule has 1 aromatic carbocycles. The van der Waals surface area contributed by atoms with Crippen LogP contribution in [0.1, 0.15) is 5.56 Å². The van der Waals surface area contributed by atoms with Crippen LogP contribution in [-0.4, -0.2) is 36.4 Å². The number of benzene rings is 1. The summed E-state index contributed by atoms with van der Waals surface area (Å²) >= 11 is 0. The van der Waals surface area contributed by atoms with Crippen molar-refractivity contribution >= 4 is 12.0 Å². The summed E-state index contributed by atoms with van der Waals surface area (Å²) in [4.78, 5) is 11.6. The number of hydrogen-bond donors (Lipinski definition) is 3. The molecule has 19 heavy (non-hydrogen) atoms. The van der Waals surface area contributed by atoms with Gasteiger partial charge in [0.1, 0.15) is 11.6 Å². The highest BCUT2D eigenvalue weighted by Crippen LogP contribution is 2.25. The molecule has 100 valence electrons. The van der Waals surface area contributed by atoms with Crippen LogP contribution in [0.5, 0.6) is 11.5 Å². The topological polar surface area (TPSA) is 103 Å². The van der Waals surface area contributed by atoms with E-state index in [0.29, 0.717) is 18.7 Å². The van der Waals surface area contributed by atoms with Crippen LogP contribution in [0.25, 0.3) is 6.08 Å². The van der Waals surface area contributed by atoms with Gasteiger partial charge in [0.15, 0.2) is 11.5 Å². The molecule has 1 aromatic rings. The fourth-order valence-corrected chi connectivity index (χ4v) is 1.31. The Morgan fingerprint density at radius 3 is 2.79 bits per heavy atom. The standard InChI is InChI=1S/C13H14N2O4/c1-19-5-4-15-13(18)10(8-14)6-9-2-3-11(16)12(17)7-9/h2-3,6-7,16-17H,4-5H2,1H3,(H,15,18). The number of carbonyl (C=O) groups excluding carboxylic acids is 1. The number of phenolic OH excluding ortho intramolecular Hbond substituents is 2. The Morgan fingerprint density at radius 2 is 2.21 bits per heavy atom. The van der Waals surface area contributed by atoms with E-state index in [0.717, 1.165) is 0 Å². The molecule has 0 aromatic heterocycles. The second-order valence-electron chi connectivity index (χ2n) is 3.67. The third-order valence-corrected chi connectivity index (χ3v) is 2.27. The number of nitrogens with one attached hydrogen (secondary N) is 1. The van der Waals surface area contributed by atoms with Gasteiger partial charge in [0.2, 0.25) is 0 Å². The van der Waals surface area contributed by atoms with Gasteiger partial charge in [-0.2, -0.15) is 5.26 Å². The van der Waals surface area contributed by atoms with Crippen molar-refractivity contribution in [3.05, 3.63) is 29.3 Å². The Morgan fingerprint density at radius 1 is 1.47 bits per heavy atom. The third kappa shape index (κ3) is 4.33. The summed E-state index contributed by atoms with van der Waals surface area (Å²) in [5.41, 5.74) is 0.343. The maximum atomic E-state index is 11.6. The van der Waals surface area contributed by atoms with Gasteiger partial charge >= 0.3 is 0 Å². The quantitative estimate of drug-likeness (QED) is 0.315. The molecule has 6 heteroatoms. The molecule has 0 atom stereocenters. The van der Waals surface area contributed by atoms with E-state index in [-0.39, 0.29) is 17.1 Å². The molecule has 0 unspecified atom stereocenters. The molecule has 3 N–H and O–H groups in total. The number of amides is 1. The van der Waals surface area contributed by atoms with E-state index in [9.17, 15) is 9.90 Å². The fraction of sp³-hybridized carbons (Fsp3) is 0.231. The molecule has 0 aliphatic carbocycles. The lowest BCUT2D eigenvalue weighted by Gasteiger charge is -2.03. The fourth-order valence-electron chi connectivity index (χ4n) is 1.31. The van der Waals surface area contributed by atoms with Crippen LogP contribution < -0.4 is 5.32 Å². The molecule has 0 radical (unpaired) electrons. The van der Waals surface area contributed by atoms with Crippen LogP contribution in [0.2, 0.25) is 0 Å². The predicted molar refractivity (Wildman–Crippen MR) is 68.2 cm³/mol. The molecule has 0 bridgehead atoms. The molecular weight excluding hydrogens is 248 g/mol. The smallest absolute Gasteiger partial charge is 0.262 e. The van der Waals surface area contributed by atoms with Crippen molar-refractivity contribution < 1.29 is 19.7 Å². The van der Waals surface area contributed by atoms with Crippen molar-refractivity contribution in [2.24, 2.45) is 0 Å². The van der Waals surface area contributed by atoms with E-state index < -0.39 is 5.91 Å². The summed E-state index contributed by atoms with van der Waals surface area (Å²) < 4.78 is 4.77. The van der Waals surface area contributed by atoms with Crippen molar-refractivity contribution in [3.63, 3.8) is 0 Å². The predicted octanol–water partition coefficient (Wildman–Crippen LogP) is 0.767. The Hall–Kier alpha value is -2.52. The van der Waals surface area contributed by atoms with E-state index in [2.05, 4.69) is 5.32 Å². The monoisotopic (exact) mass is 262 g/mol. The zero-order valence-electron chi connectivity index (χ0n) is 10.4. The Kier molecular flexibility index (Phi) is 5.38. The Balaban J connectivity index is 2.84. The number of phenols is 2. The molecule has 0 aliphatic rings. The van der Waals surface area contributed by atoms with E-state index in [1.54, 1.807) is 6.07 Å². The molecule has 6 nitrogen and oxygen atoms in total. The van der Waals surface area contributed by atoms with Crippen molar-refractivity contribution in [1.82, 2.24) is 5.32 Å². The van der Waals surface area contributed by atoms with E-state index >= 15 is 0 Å². The zero-order chi connectivity index (χ0) is 14.3. The van der Waals surface area contributed by atoms with E-state index in [4.69, 9.17) is 15.1 Å². The number of aromatic hydroxyl groups is 2. The number of ether oxygens (including phenoxy) is 1. The number of nitrogens with zero attached hydrogens (tertiary/aromatic N) is 1. The normalized spacial score (nSPS) is 10.8. The summed E-state index contributed by atoms with van der Waals surface area (Å²) in [7, 11) is 1.51. The molecule has 0 saturated carbocycles. The highest BCUT2D eigenvalue weighted by molar-refractivity contribution is 6.01. The van der Waals surface area contributed by atoms with Crippen LogP contribution in [0, 0.1) is 11.3 Å². The van der Waals surface area contributed by atoms with Crippen LogP contribution >= 0.6 is 0 Å². The SMILES string of the molecule is COCCNC(=O)C(C#N)=Cc1ccc(O)c(O)c1. The van der Waals surface area contributed by atoms with Crippen LogP contribution in [-0.2, 0) is 9.53 Å². The van der Waals surface area contributed by atoms with Gasteiger partial charge in [0.05, 0.1) is 6.61 Å². The lowest BCUT2D eigenvalue weighted by molar-refractivity contribution is -0.117. The maximum absolute atomic E-state index is 11.6. The van der Waals surface area contributed by atoms with Crippen molar-refractivity contribution in [2.75, 3.05) is 20.3 Å².